The molecule has 7 nitrogen and oxygen atoms in total. The van der Waals surface area contributed by atoms with Gasteiger partial charge in [-0.15, -0.1) is 0 Å². The summed E-state index contributed by atoms with van der Waals surface area (Å²) in [5.74, 6) is 0.0903. The lowest BCUT2D eigenvalue weighted by molar-refractivity contribution is -0.121. The summed E-state index contributed by atoms with van der Waals surface area (Å²) in [7, 11) is 0. The summed E-state index contributed by atoms with van der Waals surface area (Å²) in [6.07, 6.45) is 5.34. The highest BCUT2D eigenvalue weighted by atomic mass is 35.5. The molecule has 0 radical (unpaired) electrons. The maximum atomic E-state index is 13.5. The molecule has 4 rings (SSSR count). The minimum Gasteiger partial charge on any atom is -0.362 e. The average molecular weight is 662 g/mol. The Kier molecular flexibility index (Phi) is 12.8. The van der Waals surface area contributed by atoms with Gasteiger partial charge in [-0.3, -0.25) is 4.79 Å². The van der Waals surface area contributed by atoms with Crippen LogP contribution < -0.4 is 10.6 Å². The smallest absolute Gasteiger partial charge is 0.226 e. The zero-order valence-electron chi connectivity index (χ0n) is 25.5. The molecule has 0 saturated carbocycles. The Morgan fingerprint density at radius 2 is 1.82 bits per heavy atom. The average Bonchev–Trinajstić information content (AvgIpc) is 3.48. The molecule has 0 unspecified atom stereocenters. The second-order valence-electron chi connectivity index (χ2n) is 11.1. The third-order valence-corrected chi connectivity index (χ3v) is 9.14. The van der Waals surface area contributed by atoms with Crippen molar-refractivity contribution >= 4 is 46.4 Å². The van der Waals surface area contributed by atoms with Crippen molar-refractivity contribution in [3.05, 3.63) is 123 Å². The maximum absolute atomic E-state index is 13.5. The quantitative estimate of drug-likeness (QED) is 0.145. The molecular weight excluding hydrogens is 623 g/mol. The molecule has 10 heteroatoms. The molecule has 45 heavy (non-hydrogen) atoms. The minimum atomic E-state index is -0.177. The van der Waals surface area contributed by atoms with Gasteiger partial charge in [-0.1, -0.05) is 98.1 Å². The van der Waals surface area contributed by atoms with Crippen LogP contribution in [0.5, 0.6) is 0 Å². The van der Waals surface area contributed by atoms with Gasteiger partial charge in [0.25, 0.3) is 0 Å². The summed E-state index contributed by atoms with van der Waals surface area (Å²) in [6.45, 7) is 6.41. The standard InChI is InChI=1S/C35H38Cl2N6OS/c1-3-25(2)32(41-33(44)18-30-20-39-24-43(30)21-28-14-12-27(19-38)13-15-28)23-42(22-29-10-7-11-31(36)34(29)37)35(45)40-17-16-26-8-5-4-6-9-26/h4-15,20,24-25,32H,3,16-18,21-23H2,1-2H3,(H,40,45)(H,41,44)/t25-,32+/m0/s1. The molecule has 0 aliphatic rings. The summed E-state index contributed by atoms with van der Waals surface area (Å²) < 4.78 is 1.96. The largest absolute Gasteiger partial charge is 0.362 e. The van der Waals surface area contributed by atoms with Crippen molar-refractivity contribution < 1.29 is 4.79 Å². The first-order valence-electron chi connectivity index (χ1n) is 15.0. The molecule has 1 heterocycles. The van der Waals surface area contributed by atoms with Gasteiger partial charge in [0.15, 0.2) is 5.11 Å². The fraction of sp³-hybridized carbons (Fsp3) is 0.314. The van der Waals surface area contributed by atoms with E-state index in [4.69, 9.17) is 40.7 Å². The van der Waals surface area contributed by atoms with Gasteiger partial charge in [-0.05, 0) is 59.4 Å². The highest BCUT2D eigenvalue weighted by Crippen LogP contribution is 2.27. The zero-order valence-corrected chi connectivity index (χ0v) is 27.9. The van der Waals surface area contributed by atoms with Crippen molar-refractivity contribution in [1.29, 1.82) is 5.26 Å². The summed E-state index contributed by atoms with van der Waals surface area (Å²) in [6, 6.07) is 25.2. The van der Waals surface area contributed by atoms with Gasteiger partial charge in [-0.25, -0.2) is 4.98 Å². The van der Waals surface area contributed by atoms with Crippen molar-refractivity contribution in [2.75, 3.05) is 13.1 Å². The highest BCUT2D eigenvalue weighted by Gasteiger charge is 2.24. The summed E-state index contributed by atoms with van der Waals surface area (Å²) in [5, 5.41) is 17.4. The maximum Gasteiger partial charge on any atom is 0.226 e. The lowest BCUT2D eigenvalue weighted by Crippen LogP contribution is -2.51. The van der Waals surface area contributed by atoms with Gasteiger partial charge < -0.3 is 20.1 Å². The molecule has 2 atom stereocenters. The number of halogens is 2. The summed E-state index contributed by atoms with van der Waals surface area (Å²) in [5.41, 5.74) is 4.52. The Morgan fingerprint density at radius 1 is 1.07 bits per heavy atom. The normalized spacial score (nSPS) is 12.2. The third kappa shape index (κ3) is 10.1. The fourth-order valence-corrected chi connectivity index (χ4v) is 5.62. The molecule has 1 aromatic heterocycles. The number of nitriles is 1. The van der Waals surface area contributed by atoms with E-state index in [1.165, 1.54) is 5.56 Å². The number of hydrogen-bond acceptors (Lipinski definition) is 4. The van der Waals surface area contributed by atoms with Gasteiger partial charge in [0, 0.05) is 44.1 Å². The van der Waals surface area contributed by atoms with E-state index >= 15 is 0 Å². The van der Waals surface area contributed by atoms with E-state index in [0.29, 0.717) is 46.9 Å². The molecule has 0 saturated heterocycles. The minimum absolute atomic E-state index is 0.0921. The van der Waals surface area contributed by atoms with Gasteiger partial charge in [0.2, 0.25) is 5.91 Å². The fourth-order valence-electron chi connectivity index (χ4n) is 5.00. The van der Waals surface area contributed by atoms with Gasteiger partial charge in [0.1, 0.15) is 0 Å². The Hall–Kier alpha value is -3.90. The Morgan fingerprint density at radius 3 is 2.53 bits per heavy atom. The number of imidazole rings is 1. The topological polar surface area (TPSA) is 86.0 Å². The van der Waals surface area contributed by atoms with Crippen LogP contribution in [0.15, 0.2) is 85.3 Å². The first kappa shape index (κ1) is 34.0. The number of rotatable bonds is 14. The van der Waals surface area contributed by atoms with Crippen LogP contribution >= 0.6 is 35.4 Å². The van der Waals surface area contributed by atoms with E-state index in [1.54, 1.807) is 30.7 Å². The predicted molar refractivity (Wildman–Crippen MR) is 185 cm³/mol. The Labute approximate surface area is 281 Å². The van der Waals surface area contributed by atoms with Gasteiger partial charge >= 0.3 is 0 Å². The van der Waals surface area contributed by atoms with E-state index in [1.807, 2.05) is 47.0 Å². The van der Waals surface area contributed by atoms with Crippen molar-refractivity contribution in [3.8, 4) is 6.07 Å². The van der Waals surface area contributed by atoms with Crippen LogP contribution in [-0.2, 0) is 30.7 Å². The Bertz CT molecular complexity index is 1600. The van der Waals surface area contributed by atoms with Crippen LogP contribution in [0, 0.1) is 17.2 Å². The predicted octanol–water partition coefficient (Wildman–Crippen LogP) is 6.80. The number of carbonyl (C=O) groups excluding carboxylic acids is 1. The summed E-state index contributed by atoms with van der Waals surface area (Å²) in [4.78, 5) is 19.8. The number of thiocarbonyl (C=S) groups is 1. The summed E-state index contributed by atoms with van der Waals surface area (Å²) >= 11 is 18.8. The van der Waals surface area contributed by atoms with Crippen molar-refractivity contribution in [2.45, 2.75) is 52.2 Å². The van der Waals surface area contributed by atoms with Crippen LogP contribution in [0.3, 0.4) is 0 Å². The van der Waals surface area contributed by atoms with E-state index < -0.39 is 0 Å². The molecular formula is C35H38Cl2N6OS. The van der Waals surface area contributed by atoms with Crippen LogP contribution in [0.2, 0.25) is 10.0 Å². The third-order valence-electron chi connectivity index (χ3n) is 7.88. The SMILES string of the molecule is CC[C@H](C)[C@@H](CN(Cc1cccc(Cl)c1Cl)C(=S)NCCc1ccccc1)NC(=O)Cc1cncn1Cc1ccc(C#N)cc1. The molecule has 0 aliphatic carbocycles. The number of amides is 1. The first-order chi connectivity index (χ1) is 21.8. The molecule has 0 fully saturated rings. The molecule has 234 valence electrons. The molecule has 1 amide bonds. The number of hydrogen-bond donors (Lipinski definition) is 2. The van der Waals surface area contributed by atoms with Crippen LogP contribution in [0.25, 0.3) is 0 Å². The van der Waals surface area contributed by atoms with Crippen LogP contribution in [0.1, 0.15) is 48.2 Å². The second-order valence-corrected chi connectivity index (χ2v) is 12.3. The molecule has 0 bridgehead atoms. The molecule has 4 aromatic rings. The lowest BCUT2D eigenvalue weighted by Gasteiger charge is -2.33. The zero-order chi connectivity index (χ0) is 32.2. The molecule has 2 N–H and O–H groups in total. The van der Waals surface area contributed by atoms with Crippen LogP contribution in [0.4, 0.5) is 0 Å². The number of carbonyl (C=O) groups is 1. The first-order valence-corrected chi connectivity index (χ1v) is 16.2. The number of nitrogens with one attached hydrogen (secondary N) is 2. The van der Waals surface area contributed by atoms with E-state index in [-0.39, 0.29) is 24.3 Å². The van der Waals surface area contributed by atoms with Gasteiger partial charge in [-0.2, -0.15) is 5.26 Å². The Balaban J connectivity index is 1.46. The second kappa shape index (κ2) is 17.0. The molecule has 0 spiro atoms. The lowest BCUT2D eigenvalue weighted by atomic mass is 9.98. The van der Waals surface area contributed by atoms with Gasteiger partial charge in [0.05, 0.1) is 34.4 Å². The van der Waals surface area contributed by atoms with Crippen molar-refractivity contribution in [1.82, 2.24) is 25.1 Å². The molecule has 3 aromatic carbocycles. The van der Waals surface area contributed by atoms with Crippen LogP contribution in [-0.4, -0.2) is 44.6 Å². The highest BCUT2D eigenvalue weighted by molar-refractivity contribution is 7.80. The van der Waals surface area contributed by atoms with E-state index in [9.17, 15) is 4.79 Å². The monoisotopic (exact) mass is 660 g/mol. The van der Waals surface area contributed by atoms with E-state index in [0.717, 1.165) is 29.7 Å². The number of benzene rings is 3. The van der Waals surface area contributed by atoms with Crippen molar-refractivity contribution in [2.24, 2.45) is 5.92 Å². The van der Waals surface area contributed by atoms with E-state index in [2.05, 4.69) is 52.6 Å². The molecule has 0 aliphatic heterocycles. The number of nitrogens with zero attached hydrogens (tertiary/aromatic N) is 4. The number of aromatic nitrogens is 2. The van der Waals surface area contributed by atoms with Crippen molar-refractivity contribution in [3.63, 3.8) is 0 Å².